The average Bonchev–Trinajstić information content (AvgIpc) is 3.77. The number of esters is 1. The SMILES string of the molecule is C=CCOC(=O)c1ccc(NC(=O)c2ccc(NC(=O)c3ccc(NC(=O)[C@@H]4CCCN4C(=O)c4ccc([N+](=O)[O-])cc4)cc3)c(OC)c2OCC=C)c(OC)c1OCC=C. The monoisotopic (exact) mass is 833 g/mol. The molecule has 316 valence electrons. The molecule has 3 N–H and O–H groups in total. The van der Waals surface area contributed by atoms with Crippen LogP contribution in [-0.2, 0) is 9.53 Å². The number of rotatable bonds is 19. The molecule has 4 aromatic rings. The number of carbonyl (C=O) groups excluding carboxylic acids is 5. The molecule has 0 aromatic heterocycles. The molecule has 61 heavy (non-hydrogen) atoms. The molecule has 17 heteroatoms. The summed E-state index contributed by atoms with van der Waals surface area (Å²) in [5.74, 6) is -2.71. The van der Waals surface area contributed by atoms with Gasteiger partial charge in [-0.25, -0.2) is 4.79 Å². The first-order valence-corrected chi connectivity index (χ1v) is 18.7. The molecule has 0 unspecified atom stereocenters. The van der Waals surface area contributed by atoms with E-state index in [0.717, 1.165) is 0 Å². The Morgan fingerprint density at radius 2 is 1.25 bits per heavy atom. The van der Waals surface area contributed by atoms with Crippen LogP contribution in [0.3, 0.4) is 0 Å². The Hall–Kier alpha value is -7.95. The largest absolute Gasteiger partial charge is 0.491 e. The van der Waals surface area contributed by atoms with E-state index < -0.39 is 40.6 Å². The number of nitro benzene ring substituents is 1. The van der Waals surface area contributed by atoms with Crippen LogP contribution in [-0.4, -0.2) is 86.0 Å². The second-order valence-corrected chi connectivity index (χ2v) is 13.1. The Balaban J connectivity index is 1.31. The Morgan fingerprint density at radius 3 is 1.80 bits per heavy atom. The van der Waals surface area contributed by atoms with Crippen LogP contribution in [0.4, 0.5) is 22.7 Å². The van der Waals surface area contributed by atoms with Crippen LogP contribution >= 0.6 is 0 Å². The van der Waals surface area contributed by atoms with E-state index in [4.69, 9.17) is 23.7 Å². The number of anilines is 3. The maximum atomic E-state index is 13.9. The highest BCUT2D eigenvalue weighted by Gasteiger charge is 2.35. The van der Waals surface area contributed by atoms with Gasteiger partial charge in [-0.05, 0) is 73.5 Å². The summed E-state index contributed by atoms with van der Waals surface area (Å²) in [4.78, 5) is 78.5. The number of methoxy groups -OCH3 is 2. The Morgan fingerprint density at radius 1 is 0.705 bits per heavy atom. The zero-order chi connectivity index (χ0) is 44.1. The second kappa shape index (κ2) is 20.6. The molecule has 0 saturated carbocycles. The van der Waals surface area contributed by atoms with Crippen LogP contribution in [0.2, 0.25) is 0 Å². The molecule has 4 amide bonds. The predicted octanol–water partition coefficient (Wildman–Crippen LogP) is 6.83. The number of ether oxygens (including phenoxy) is 5. The molecule has 1 atom stereocenters. The van der Waals surface area contributed by atoms with Gasteiger partial charge in [0.15, 0.2) is 23.0 Å². The molecule has 1 aliphatic rings. The van der Waals surface area contributed by atoms with Crippen molar-refractivity contribution in [3.05, 3.63) is 143 Å². The fraction of sp³-hybridized carbons (Fsp3) is 0.205. The number of nitrogens with zero attached hydrogens (tertiary/aromatic N) is 2. The van der Waals surface area contributed by atoms with Gasteiger partial charge in [0.1, 0.15) is 31.4 Å². The van der Waals surface area contributed by atoms with Gasteiger partial charge in [-0.3, -0.25) is 29.3 Å². The molecule has 17 nitrogen and oxygen atoms in total. The van der Waals surface area contributed by atoms with Crippen molar-refractivity contribution in [3.8, 4) is 23.0 Å². The van der Waals surface area contributed by atoms with Crippen molar-refractivity contribution in [3.63, 3.8) is 0 Å². The number of amides is 4. The second-order valence-electron chi connectivity index (χ2n) is 13.1. The lowest BCUT2D eigenvalue weighted by atomic mass is 10.1. The standard InChI is InChI=1S/C44H43N5O12/c1-6-24-59-36-31(41(51)47-34-22-20-32(44(54)61-26-8-3)37(39(34)58-5)60-25-7-2)19-21-33(38(36)57-4)46-40(50)27-11-15-29(16-12-27)45-42(52)35-10-9-23-48(35)43(53)28-13-17-30(18-14-28)49(55)56/h6-8,11-22,35H,1-3,9-10,23-26H2,4-5H3,(H,45,52)(H,46,50)(H,47,51)/t35-/m0/s1. The van der Waals surface area contributed by atoms with Gasteiger partial charge >= 0.3 is 5.97 Å². The lowest BCUT2D eigenvalue weighted by Crippen LogP contribution is -2.43. The first-order chi connectivity index (χ1) is 29.4. The first-order valence-electron chi connectivity index (χ1n) is 18.7. The van der Waals surface area contributed by atoms with Crippen molar-refractivity contribution in [2.45, 2.75) is 18.9 Å². The van der Waals surface area contributed by atoms with Gasteiger partial charge in [0.25, 0.3) is 23.4 Å². The highest BCUT2D eigenvalue weighted by molar-refractivity contribution is 6.10. The normalized spacial score (nSPS) is 12.9. The molecule has 1 saturated heterocycles. The van der Waals surface area contributed by atoms with E-state index in [2.05, 4.69) is 35.7 Å². The minimum absolute atomic E-state index is 0.0112. The zero-order valence-electron chi connectivity index (χ0n) is 33.4. The number of carbonyl (C=O) groups is 5. The fourth-order valence-electron chi connectivity index (χ4n) is 6.34. The van der Waals surface area contributed by atoms with E-state index in [9.17, 15) is 34.1 Å². The van der Waals surface area contributed by atoms with Gasteiger partial charge in [0.05, 0.1) is 36.1 Å². The van der Waals surface area contributed by atoms with E-state index in [-0.39, 0.29) is 82.1 Å². The van der Waals surface area contributed by atoms with Crippen LogP contribution in [0, 0.1) is 10.1 Å². The molecular formula is C44H43N5O12. The topological polar surface area (TPSA) is 214 Å². The summed E-state index contributed by atoms with van der Waals surface area (Å²) in [5.41, 5.74) is 1.04. The highest BCUT2D eigenvalue weighted by Crippen LogP contribution is 2.42. The van der Waals surface area contributed by atoms with E-state index >= 15 is 0 Å². The average molecular weight is 834 g/mol. The molecular weight excluding hydrogens is 791 g/mol. The number of nitrogens with one attached hydrogen (secondary N) is 3. The highest BCUT2D eigenvalue weighted by atomic mass is 16.6. The van der Waals surface area contributed by atoms with Crippen molar-refractivity contribution >= 4 is 52.3 Å². The van der Waals surface area contributed by atoms with Gasteiger partial charge in [0, 0.05) is 35.5 Å². The minimum Gasteiger partial charge on any atom is -0.491 e. The number of hydrogen-bond acceptors (Lipinski definition) is 12. The first kappa shape index (κ1) is 44.2. The van der Waals surface area contributed by atoms with E-state index in [1.165, 1.54) is 110 Å². The van der Waals surface area contributed by atoms with Gasteiger partial charge in [0.2, 0.25) is 5.91 Å². The summed E-state index contributed by atoms with van der Waals surface area (Å²) in [6.45, 7) is 11.1. The Bertz CT molecular complexity index is 2340. The van der Waals surface area contributed by atoms with Crippen molar-refractivity contribution in [1.29, 1.82) is 0 Å². The number of hydrogen-bond donors (Lipinski definition) is 3. The number of likely N-dealkylation sites (tertiary alicyclic amines) is 1. The maximum Gasteiger partial charge on any atom is 0.342 e. The fourth-order valence-corrected chi connectivity index (χ4v) is 6.34. The van der Waals surface area contributed by atoms with E-state index in [0.29, 0.717) is 25.1 Å². The summed E-state index contributed by atoms with van der Waals surface area (Å²) in [7, 11) is 2.68. The molecule has 0 spiro atoms. The predicted molar refractivity (Wildman–Crippen MR) is 226 cm³/mol. The third-order valence-corrected chi connectivity index (χ3v) is 9.17. The summed E-state index contributed by atoms with van der Waals surface area (Å²) >= 11 is 0. The smallest absolute Gasteiger partial charge is 0.342 e. The van der Waals surface area contributed by atoms with Gasteiger partial charge in [-0.2, -0.15) is 0 Å². The van der Waals surface area contributed by atoms with Crippen molar-refractivity contribution in [2.24, 2.45) is 0 Å². The molecule has 1 heterocycles. The van der Waals surface area contributed by atoms with Gasteiger partial charge in [-0.1, -0.05) is 38.0 Å². The molecule has 0 aliphatic carbocycles. The van der Waals surface area contributed by atoms with Crippen LogP contribution in [0.15, 0.2) is 111 Å². The summed E-state index contributed by atoms with van der Waals surface area (Å²) in [6.07, 6.45) is 5.37. The Labute approximate surface area is 350 Å². The van der Waals surface area contributed by atoms with Crippen LogP contribution in [0.1, 0.15) is 54.3 Å². The number of nitro groups is 1. The molecule has 0 radical (unpaired) electrons. The molecule has 5 rings (SSSR count). The van der Waals surface area contributed by atoms with Crippen LogP contribution < -0.4 is 34.9 Å². The summed E-state index contributed by atoms with van der Waals surface area (Å²) < 4.78 is 28.0. The van der Waals surface area contributed by atoms with Crippen LogP contribution in [0.25, 0.3) is 0 Å². The third-order valence-electron chi connectivity index (χ3n) is 9.17. The number of non-ortho nitro benzene ring substituents is 1. The molecule has 1 aliphatic heterocycles. The molecule has 0 bridgehead atoms. The summed E-state index contributed by atoms with van der Waals surface area (Å²) in [6, 6.07) is 16.2. The van der Waals surface area contributed by atoms with Crippen molar-refractivity contribution in [2.75, 3.05) is 56.5 Å². The lowest BCUT2D eigenvalue weighted by molar-refractivity contribution is -0.384. The third kappa shape index (κ3) is 10.4. The van der Waals surface area contributed by atoms with Gasteiger partial charge in [-0.15, -0.1) is 0 Å². The summed E-state index contributed by atoms with van der Waals surface area (Å²) in [5, 5.41) is 19.3. The quantitative estimate of drug-likeness (QED) is 0.0384. The lowest BCUT2D eigenvalue weighted by Gasteiger charge is -2.24. The Kier molecular flexibility index (Phi) is 14.9. The molecule has 4 aromatic carbocycles. The van der Waals surface area contributed by atoms with Crippen LogP contribution in [0.5, 0.6) is 23.0 Å². The van der Waals surface area contributed by atoms with Crippen molar-refractivity contribution in [1.82, 2.24) is 4.90 Å². The van der Waals surface area contributed by atoms with Gasteiger partial charge < -0.3 is 44.5 Å². The minimum atomic E-state index is -0.768. The number of benzene rings is 4. The zero-order valence-corrected chi connectivity index (χ0v) is 33.4. The van der Waals surface area contributed by atoms with Crippen molar-refractivity contribution < 1.29 is 52.6 Å². The molecule has 1 fully saturated rings. The van der Waals surface area contributed by atoms with E-state index in [1.807, 2.05) is 0 Å². The maximum absolute atomic E-state index is 13.9. The van der Waals surface area contributed by atoms with E-state index in [1.54, 1.807) is 0 Å².